The van der Waals surface area contributed by atoms with Crippen molar-refractivity contribution in [2.75, 3.05) is 31.4 Å². The highest BCUT2D eigenvalue weighted by Crippen LogP contribution is 2.38. The van der Waals surface area contributed by atoms with Gasteiger partial charge in [0.15, 0.2) is 17.3 Å². The van der Waals surface area contributed by atoms with Gasteiger partial charge in [0.05, 0.1) is 32.1 Å². The van der Waals surface area contributed by atoms with Crippen LogP contribution < -0.4 is 20.5 Å². The Morgan fingerprint density at radius 1 is 1.12 bits per heavy atom. The van der Waals surface area contributed by atoms with Gasteiger partial charge in [0.25, 0.3) is 0 Å². The Bertz CT molecular complexity index is 1200. The predicted molar refractivity (Wildman–Crippen MR) is 116 cm³/mol. The molecule has 182 valence electrons. The highest BCUT2D eigenvalue weighted by Gasteiger charge is 2.33. The molecule has 4 rings (SSSR count). The molecule has 0 amide bonds. The summed E-state index contributed by atoms with van der Waals surface area (Å²) < 4.78 is 70.9. The summed E-state index contributed by atoms with van der Waals surface area (Å²) >= 11 is 0. The summed E-state index contributed by atoms with van der Waals surface area (Å²) in [4.78, 5) is 12.1. The van der Waals surface area contributed by atoms with Crippen molar-refractivity contribution in [3.8, 4) is 11.5 Å². The standard InChI is InChI=1S/C22H23F4N5O3/c1-11-29-19-15(9-16(20(32-2)18(19)23)34-6-5-33-14-3-4-14)21(30-11)28-10-13-7-12(27)8-17(31-13)22(24,25)26/h7-9,14H,3-6,10H2,1-2H3,(H2,27,31)(H,28,29,30). The zero-order valence-corrected chi connectivity index (χ0v) is 18.5. The number of nitrogens with two attached hydrogens (primary N) is 1. The maximum absolute atomic E-state index is 15.2. The second kappa shape index (κ2) is 9.45. The number of hydrogen-bond acceptors (Lipinski definition) is 8. The minimum absolute atomic E-state index is 0.0232. The predicted octanol–water partition coefficient (Wildman–Crippen LogP) is 4.25. The molecule has 1 aliphatic carbocycles. The number of aromatic nitrogens is 3. The highest BCUT2D eigenvalue weighted by atomic mass is 19.4. The molecule has 12 heteroatoms. The fraction of sp³-hybridized carbons (Fsp3) is 0.409. The first kappa shape index (κ1) is 23.7. The number of nitrogen functional groups attached to an aromatic ring is 1. The molecule has 2 heterocycles. The van der Waals surface area contributed by atoms with E-state index in [2.05, 4.69) is 20.3 Å². The number of anilines is 2. The van der Waals surface area contributed by atoms with E-state index in [0.717, 1.165) is 18.9 Å². The molecule has 0 atom stereocenters. The van der Waals surface area contributed by atoms with E-state index in [1.807, 2.05) is 0 Å². The zero-order chi connectivity index (χ0) is 24.5. The average molecular weight is 481 g/mol. The molecule has 0 radical (unpaired) electrons. The van der Waals surface area contributed by atoms with E-state index < -0.39 is 17.7 Å². The van der Waals surface area contributed by atoms with Crippen LogP contribution in [0.1, 0.15) is 30.1 Å². The van der Waals surface area contributed by atoms with Gasteiger partial charge in [-0.2, -0.15) is 13.2 Å². The van der Waals surface area contributed by atoms with Crippen molar-refractivity contribution in [2.45, 2.75) is 38.6 Å². The number of nitrogens with one attached hydrogen (secondary N) is 1. The van der Waals surface area contributed by atoms with Crippen LogP contribution in [0, 0.1) is 12.7 Å². The number of fused-ring (bicyclic) bond motifs is 1. The largest absolute Gasteiger partial charge is 0.490 e. The van der Waals surface area contributed by atoms with Gasteiger partial charge in [0.2, 0.25) is 0 Å². The quantitative estimate of drug-likeness (QED) is 0.345. The van der Waals surface area contributed by atoms with Gasteiger partial charge < -0.3 is 25.3 Å². The summed E-state index contributed by atoms with van der Waals surface area (Å²) in [6, 6.07) is 3.59. The summed E-state index contributed by atoms with van der Waals surface area (Å²) in [7, 11) is 1.31. The van der Waals surface area contributed by atoms with Crippen molar-refractivity contribution in [2.24, 2.45) is 0 Å². The van der Waals surface area contributed by atoms with Crippen molar-refractivity contribution in [3.05, 3.63) is 41.2 Å². The van der Waals surface area contributed by atoms with Crippen LogP contribution >= 0.6 is 0 Å². The first-order valence-corrected chi connectivity index (χ1v) is 10.5. The van der Waals surface area contributed by atoms with Gasteiger partial charge in [-0.25, -0.2) is 19.3 Å². The third kappa shape index (κ3) is 5.38. The molecule has 3 aromatic rings. The van der Waals surface area contributed by atoms with Crippen LogP contribution in [0.25, 0.3) is 10.9 Å². The molecule has 1 aromatic carbocycles. The van der Waals surface area contributed by atoms with E-state index in [9.17, 15) is 13.2 Å². The molecule has 34 heavy (non-hydrogen) atoms. The van der Waals surface area contributed by atoms with Crippen LogP contribution in [0.15, 0.2) is 18.2 Å². The number of halogens is 4. The van der Waals surface area contributed by atoms with Crippen molar-refractivity contribution in [1.29, 1.82) is 0 Å². The van der Waals surface area contributed by atoms with Gasteiger partial charge in [0.1, 0.15) is 29.5 Å². The summed E-state index contributed by atoms with van der Waals surface area (Å²) in [5.74, 6) is -0.285. The van der Waals surface area contributed by atoms with Crippen LogP contribution in [0.4, 0.5) is 29.1 Å². The fourth-order valence-electron chi connectivity index (χ4n) is 3.35. The lowest BCUT2D eigenvalue weighted by Crippen LogP contribution is -2.13. The number of benzene rings is 1. The van der Waals surface area contributed by atoms with Crippen LogP contribution in [0.3, 0.4) is 0 Å². The van der Waals surface area contributed by atoms with Gasteiger partial charge in [-0.05, 0) is 38.0 Å². The van der Waals surface area contributed by atoms with Crippen LogP contribution in [0.2, 0.25) is 0 Å². The summed E-state index contributed by atoms with van der Waals surface area (Å²) in [6.45, 7) is 1.95. The molecule has 2 aromatic heterocycles. The number of rotatable bonds is 9. The van der Waals surface area contributed by atoms with Crippen LogP contribution in [-0.2, 0) is 17.5 Å². The van der Waals surface area contributed by atoms with E-state index in [-0.39, 0.29) is 64.7 Å². The Hall–Kier alpha value is -3.41. The molecule has 0 unspecified atom stereocenters. The molecule has 8 nitrogen and oxygen atoms in total. The lowest BCUT2D eigenvalue weighted by atomic mass is 10.2. The van der Waals surface area contributed by atoms with Crippen molar-refractivity contribution in [1.82, 2.24) is 15.0 Å². The smallest absolute Gasteiger partial charge is 0.433 e. The summed E-state index contributed by atoms with van der Waals surface area (Å²) in [5, 5.41) is 3.17. The molecule has 0 spiro atoms. The fourth-order valence-corrected chi connectivity index (χ4v) is 3.35. The first-order valence-electron chi connectivity index (χ1n) is 10.5. The minimum atomic E-state index is -4.64. The second-order valence-corrected chi connectivity index (χ2v) is 7.78. The maximum atomic E-state index is 15.2. The lowest BCUT2D eigenvalue weighted by molar-refractivity contribution is -0.141. The van der Waals surface area contributed by atoms with Crippen molar-refractivity contribution >= 4 is 22.4 Å². The van der Waals surface area contributed by atoms with Crippen molar-refractivity contribution < 1.29 is 31.8 Å². The number of hydrogen-bond donors (Lipinski definition) is 2. The SMILES string of the molecule is COc1c(OCCOC2CC2)cc2c(NCc3cc(N)cc(C(F)(F)F)n3)nc(C)nc2c1F. The maximum Gasteiger partial charge on any atom is 0.433 e. The molecule has 1 saturated carbocycles. The van der Waals surface area contributed by atoms with Crippen molar-refractivity contribution in [3.63, 3.8) is 0 Å². The molecular formula is C22H23F4N5O3. The molecule has 0 bridgehead atoms. The summed E-state index contributed by atoms with van der Waals surface area (Å²) in [6.07, 6.45) is -2.35. The molecule has 1 fully saturated rings. The number of methoxy groups -OCH3 is 1. The second-order valence-electron chi connectivity index (χ2n) is 7.78. The van der Waals surface area contributed by atoms with Gasteiger partial charge in [-0.1, -0.05) is 0 Å². The number of alkyl halides is 3. The lowest BCUT2D eigenvalue weighted by Gasteiger charge is -2.16. The van der Waals surface area contributed by atoms with Gasteiger partial charge in [-0.15, -0.1) is 0 Å². The van der Waals surface area contributed by atoms with E-state index in [4.69, 9.17) is 19.9 Å². The molecule has 1 aliphatic rings. The monoisotopic (exact) mass is 481 g/mol. The van der Waals surface area contributed by atoms with E-state index in [0.29, 0.717) is 6.61 Å². The Morgan fingerprint density at radius 2 is 1.88 bits per heavy atom. The Morgan fingerprint density at radius 3 is 2.56 bits per heavy atom. The zero-order valence-electron chi connectivity index (χ0n) is 18.5. The number of nitrogens with zero attached hydrogens (tertiary/aromatic N) is 3. The molecular weight excluding hydrogens is 458 g/mol. The van der Waals surface area contributed by atoms with Gasteiger partial charge in [0, 0.05) is 11.1 Å². The minimum Gasteiger partial charge on any atom is -0.490 e. The number of pyridine rings is 1. The van der Waals surface area contributed by atoms with Gasteiger partial charge in [-0.3, -0.25) is 0 Å². The van der Waals surface area contributed by atoms with Crippen LogP contribution in [-0.4, -0.2) is 41.4 Å². The average Bonchev–Trinajstić information content (AvgIpc) is 3.59. The van der Waals surface area contributed by atoms with E-state index in [1.54, 1.807) is 6.92 Å². The van der Waals surface area contributed by atoms with E-state index >= 15 is 4.39 Å². The third-order valence-electron chi connectivity index (χ3n) is 5.01. The third-order valence-corrected chi connectivity index (χ3v) is 5.01. The number of ether oxygens (including phenoxy) is 3. The Labute approximate surface area is 192 Å². The molecule has 0 aliphatic heterocycles. The number of aryl methyl sites for hydroxylation is 1. The van der Waals surface area contributed by atoms with E-state index in [1.165, 1.54) is 19.2 Å². The molecule has 3 N–H and O–H groups in total. The first-order chi connectivity index (χ1) is 16.2. The topological polar surface area (TPSA) is 104 Å². The van der Waals surface area contributed by atoms with Crippen LogP contribution in [0.5, 0.6) is 11.5 Å². The highest BCUT2D eigenvalue weighted by molar-refractivity contribution is 5.92. The molecule has 0 saturated heterocycles. The summed E-state index contributed by atoms with van der Waals surface area (Å²) in [5.41, 5.74) is 4.44. The normalized spacial score (nSPS) is 13.8. The van der Waals surface area contributed by atoms with Gasteiger partial charge >= 0.3 is 6.18 Å². The Kier molecular flexibility index (Phi) is 6.60. The Balaban J connectivity index is 1.63.